The number of benzene rings is 2. The predicted molar refractivity (Wildman–Crippen MR) is 79.7 cm³/mol. The second-order valence-corrected chi connectivity index (χ2v) is 5.16. The molecule has 0 N–H and O–H groups in total. The van der Waals surface area contributed by atoms with Crippen molar-refractivity contribution in [3.8, 4) is 11.4 Å². The highest BCUT2D eigenvalue weighted by Gasteiger charge is 2.08. The molecule has 4 heteroatoms. The molecule has 0 amide bonds. The summed E-state index contributed by atoms with van der Waals surface area (Å²) >= 11 is 12.2. The number of rotatable bonds is 1. The molecular weight excluding hydrogens is 279 g/mol. The fourth-order valence-electron chi connectivity index (χ4n) is 1.98. The van der Waals surface area contributed by atoms with E-state index in [1.807, 2.05) is 37.3 Å². The smallest absolute Gasteiger partial charge is 0.161 e. The third-order valence-corrected chi connectivity index (χ3v) is 3.41. The molecule has 0 saturated heterocycles. The van der Waals surface area contributed by atoms with Gasteiger partial charge >= 0.3 is 0 Å². The summed E-state index contributed by atoms with van der Waals surface area (Å²) < 4.78 is 0. The molecule has 0 spiro atoms. The summed E-state index contributed by atoms with van der Waals surface area (Å²) in [7, 11) is 0. The summed E-state index contributed by atoms with van der Waals surface area (Å²) in [6.07, 6.45) is 0. The van der Waals surface area contributed by atoms with Crippen LogP contribution < -0.4 is 0 Å². The Bertz CT molecular complexity index is 769. The predicted octanol–water partition coefficient (Wildman–Crippen LogP) is 4.91. The average Bonchev–Trinajstić information content (AvgIpc) is 2.38. The van der Waals surface area contributed by atoms with Crippen molar-refractivity contribution in [2.24, 2.45) is 0 Å². The maximum absolute atomic E-state index is 6.21. The number of nitrogens with zero attached hydrogens (tertiary/aromatic N) is 2. The Kier molecular flexibility index (Phi) is 3.13. The molecule has 3 aromatic rings. The standard InChI is InChI=1S/C15H10Cl2N2/c1-9-3-2-4-10(7-9)15-18-13-8-11(16)5-6-12(13)14(17)19-15/h2-8H,1H3. The minimum Gasteiger partial charge on any atom is -0.228 e. The topological polar surface area (TPSA) is 25.8 Å². The van der Waals surface area contributed by atoms with Crippen LogP contribution in [0.4, 0.5) is 0 Å². The lowest BCUT2D eigenvalue weighted by atomic mass is 10.1. The molecule has 2 aromatic carbocycles. The molecule has 19 heavy (non-hydrogen) atoms. The molecule has 1 heterocycles. The van der Waals surface area contributed by atoms with Crippen LogP contribution in [0.1, 0.15) is 5.56 Å². The van der Waals surface area contributed by atoms with Gasteiger partial charge in [0, 0.05) is 16.0 Å². The molecule has 0 atom stereocenters. The molecule has 0 aliphatic rings. The van der Waals surface area contributed by atoms with Gasteiger partial charge in [-0.3, -0.25) is 0 Å². The van der Waals surface area contributed by atoms with Gasteiger partial charge in [0.2, 0.25) is 0 Å². The van der Waals surface area contributed by atoms with Gasteiger partial charge in [0.05, 0.1) is 5.52 Å². The van der Waals surface area contributed by atoms with Crippen molar-refractivity contribution in [1.29, 1.82) is 0 Å². The van der Waals surface area contributed by atoms with E-state index >= 15 is 0 Å². The number of fused-ring (bicyclic) bond motifs is 1. The number of aryl methyl sites for hydroxylation is 1. The van der Waals surface area contributed by atoms with Crippen LogP contribution in [0.5, 0.6) is 0 Å². The van der Waals surface area contributed by atoms with Gasteiger partial charge in [-0.2, -0.15) is 0 Å². The van der Waals surface area contributed by atoms with Crippen molar-refractivity contribution in [2.45, 2.75) is 6.92 Å². The van der Waals surface area contributed by atoms with Crippen LogP contribution >= 0.6 is 23.2 Å². The zero-order chi connectivity index (χ0) is 13.4. The van der Waals surface area contributed by atoms with Gasteiger partial charge in [0.1, 0.15) is 5.15 Å². The number of aromatic nitrogens is 2. The fraction of sp³-hybridized carbons (Fsp3) is 0.0667. The Morgan fingerprint density at radius 1 is 0.947 bits per heavy atom. The first-order valence-electron chi connectivity index (χ1n) is 5.83. The normalized spacial score (nSPS) is 10.9. The summed E-state index contributed by atoms with van der Waals surface area (Å²) in [5, 5.41) is 1.89. The Morgan fingerprint density at radius 3 is 2.58 bits per heavy atom. The van der Waals surface area contributed by atoms with E-state index in [9.17, 15) is 0 Å². The Balaban J connectivity index is 2.25. The third-order valence-electron chi connectivity index (χ3n) is 2.89. The van der Waals surface area contributed by atoms with E-state index in [2.05, 4.69) is 9.97 Å². The lowest BCUT2D eigenvalue weighted by Crippen LogP contribution is -1.92. The van der Waals surface area contributed by atoms with Crippen LogP contribution in [0.15, 0.2) is 42.5 Å². The first kappa shape index (κ1) is 12.4. The Labute approximate surface area is 121 Å². The van der Waals surface area contributed by atoms with E-state index in [0.29, 0.717) is 16.0 Å². The molecule has 0 radical (unpaired) electrons. The van der Waals surface area contributed by atoms with Crippen LogP contribution in [0.2, 0.25) is 10.2 Å². The van der Waals surface area contributed by atoms with E-state index in [-0.39, 0.29) is 0 Å². The van der Waals surface area contributed by atoms with Crippen molar-refractivity contribution in [1.82, 2.24) is 9.97 Å². The van der Waals surface area contributed by atoms with Gasteiger partial charge in [-0.1, -0.05) is 47.0 Å². The number of hydrogen-bond acceptors (Lipinski definition) is 2. The zero-order valence-electron chi connectivity index (χ0n) is 10.2. The highest BCUT2D eigenvalue weighted by Crippen LogP contribution is 2.27. The lowest BCUT2D eigenvalue weighted by molar-refractivity contribution is 1.22. The summed E-state index contributed by atoms with van der Waals surface area (Å²) in [6, 6.07) is 13.4. The Hall–Kier alpha value is -1.64. The van der Waals surface area contributed by atoms with Crippen molar-refractivity contribution in [2.75, 3.05) is 0 Å². The minimum atomic E-state index is 0.443. The maximum atomic E-state index is 6.21. The van der Waals surface area contributed by atoms with Crippen molar-refractivity contribution >= 4 is 34.1 Å². The molecular formula is C15H10Cl2N2. The number of hydrogen-bond donors (Lipinski definition) is 0. The molecule has 0 saturated carbocycles. The van der Waals surface area contributed by atoms with Gasteiger partial charge in [-0.05, 0) is 31.2 Å². The molecule has 3 rings (SSSR count). The second kappa shape index (κ2) is 4.80. The Morgan fingerprint density at radius 2 is 1.79 bits per heavy atom. The van der Waals surface area contributed by atoms with Crippen molar-refractivity contribution in [3.05, 3.63) is 58.2 Å². The van der Waals surface area contributed by atoms with E-state index in [1.54, 1.807) is 12.1 Å². The highest BCUT2D eigenvalue weighted by atomic mass is 35.5. The van der Waals surface area contributed by atoms with Gasteiger partial charge in [0.25, 0.3) is 0 Å². The summed E-state index contributed by atoms with van der Waals surface area (Å²) in [6.45, 7) is 2.03. The van der Waals surface area contributed by atoms with Crippen molar-refractivity contribution in [3.63, 3.8) is 0 Å². The molecule has 0 fully saturated rings. The quantitative estimate of drug-likeness (QED) is 0.595. The SMILES string of the molecule is Cc1cccc(-c2nc(Cl)c3ccc(Cl)cc3n2)c1. The molecule has 0 unspecified atom stereocenters. The summed E-state index contributed by atoms with van der Waals surface area (Å²) in [5.41, 5.74) is 2.86. The maximum Gasteiger partial charge on any atom is 0.161 e. The summed E-state index contributed by atoms with van der Waals surface area (Å²) in [5.74, 6) is 0.614. The number of halogens is 2. The van der Waals surface area contributed by atoms with Gasteiger partial charge in [0.15, 0.2) is 5.82 Å². The molecule has 0 bridgehead atoms. The van der Waals surface area contributed by atoms with E-state index < -0.39 is 0 Å². The van der Waals surface area contributed by atoms with E-state index in [1.165, 1.54) is 0 Å². The van der Waals surface area contributed by atoms with Crippen LogP contribution in [-0.2, 0) is 0 Å². The van der Waals surface area contributed by atoms with Crippen LogP contribution in [0, 0.1) is 6.92 Å². The second-order valence-electron chi connectivity index (χ2n) is 4.37. The zero-order valence-corrected chi connectivity index (χ0v) is 11.7. The van der Waals surface area contributed by atoms with Crippen molar-refractivity contribution < 1.29 is 0 Å². The van der Waals surface area contributed by atoms with Crippen LogP contribution in [0.3, 0.4) is 0 Å². The van der Waals surface area contributed by atoms with E-state index in [4.69, 9.17) is 23.2 Å². The van der Waals surface area contributed by atoms with Gasteiger partial charge in [-0.15, -0.1) is 0 Å². The van der Waals surface area contributed by atoms with Gasteiger partial charge < -0.3 is 0 Å². The average molecular weight is 289 g/mol. The largest absolute Gasteiger partial charge is 0.228 e. The highest BCUT2D eigenvalue weighted by molar-refractivity contribution is 6.35. The minimum absolute atomic E-state index is 0.443. The molecule has 2 nitrogen and oxygen atoms in total. The first-order valence-corrected chi connectivity index (χ1v) is 6.59. The lowest BCUT2D eigenvalue weighted by Gasteiger charge is -2.05. The summed E-state index contributed by atoms with van der Waals surface area (Å²) in [4.78, 5) is 8.88. The molecule has 94 valence electrons. The molecule has 1 aromatic heterocycles. The third kappa shape index (κ3) is 2.42. The van der Waals surface area contributed by atoms with E-state index in [0.717, 1.165) is 22.0 Å². The van der Waals surface area contributed by atoms with Crippen LogP contribution in [0.25, 0.3) is 22.3 Å². The van der Waals surface area contributed by atoms with Gasteiger partial charge in [-0.25, -0.2) is 9.97 Å². The monoisotopic (exact) mass is 288 g/mol. The molecule has 0 aliphatic carbocycles. The molecule has 0 aliphatic heterocycles. The van der Waals surface area contributed by atoms with Crippen LogP contribution in [-0.4, -0.2) is 9.97 Å². The first-order chi connectivity index (χ1) is 9.13. The fourth-order valence-corrected chi connectivity index (χ4v) is 2.38.